The van der Waals surface area contributed by atoms with Gasteiger partial charge in [0.2, 0.25) is 0 Å². The van der Waals surface area contributed by atoms with Gasteiger partial charge in [0.05, 0.1) is 6.42 Å². The summed E-state index contributed by atoms with van der Waals surface area (Å²) in [6.45, 7) is 1.89. The van der Waals surface area contributed by atoms with Crippen LogP contribution in [0.3, 0.4) is 0 Å². The number of carboxylic acid groups (broad SMARTS) is 1. The second-order valence-corrected chi connectivity index (χ2v) is 7.58. The van der Waals surface area contributed by atoms with Crippen molar-refractivity contribution in [1.82, 2.24) is 13.6 Å². The Labute approximate surface area is 127 Å². The minimum absolute atomic E-state index is 0.0235. The molecule has 0 spiro atoms. The summed E-state index contributed by atoms with van der Waals surface area (Å²) in [5.74, 6) is -1.01. The molecule has 2 rings (SSSR count). The van der Waals surface area contributed by atoms with Crippen LogP contribution >= 0.6 is 11.3 Å². The van der Waals surface area contributed by atoms with Crippen LogP contribution in [0.4, 0.5) is 5.13 Å². The van der Waals surface area contributed by atoms with Crippen LogP contribution in [0.1, 0.15) is 6.42 Å². The molecular weight excluding hydrogens is 316 g/mol. The lowest BCUT2D eigenvalue weighted by molar-refractivity contribution is -0.137. The monoisotopic (exact) mass is 334 g/mol. The van der Waals surface area contributed by atoms with Gasteiger partial charge >= 0.3 is 5.97 Å². The van der Waals surface area contributed by atoms with Gasteiger partial charge < -0.3 is 10.0 Å². The quantitative estimate of drug-likeness (QED) is 0.782. The Balaban J connectivity index is 1.92. The molecule has 0 atom stereocenters. The van der Waals surface area contributed by atoms with Gasteiger partial charge in [0.25, 0.3) is 10.2 Å². The van der Waals surface area contributed by atoms with Crippen molar-refractivity contribution in [3.05, 3.63) is 11.6 Å². The summed E-state index contributed by atoms with van der Waals surface area (Å²) < 4.78 is 27.1. The number of rotatable bonds is 6. The molecule has 21 heavy (non-hydrogen) atoms. The third-order valence-electron chi connectivity index (χ3n) is 3.29. The highest BCUT2D eigenvalue weighted by atomic mass is 32.2. The standard InChI is InChI=1S/C11H18N4O4S2/c1-13(4-2-10(16)17)21(18,19)15-7-5-14(6-8-15)11-12-3-9-20-11/h3,9H,2,4-8H2,1H3,(H,16,17). The number of anilines is 1. The zero-order valence-electron chi connectivity index (χ0n) is 11.7. The molecular formula is C11H18N4O4S2. The fourth-order valence-electron chi connectivity index (χ4n) is 2.05. The molecule has 8 nitrogen and oxygen atoms in total. The first kappa shape index (κ1) is 16.1. The fourth-order valence-corrected chi connectivity index (χ4v) is 4.09. The van der Waals surface area contributed by atoms with Crippen LogP contribution in [0.15, 0.2) is 11.6 Å². The first-order valence-corrected chi connectivity index (χ1v) is 8.76. The fraction of sp³-hybridized carbons (Fsp3) is 0.636. The summed E-state index contributed by atoms with van der Waals surface area (Å²) in [5.41, 5.74) is 0. The van der Waals surface area contributed by atoms with Gasteiger partial charge in [-0.2, -0.15) is 17.0 Å². The van der Waals surface area contributed by atoms with E-state index in [-0.39, 0.29) is 13.0 Å². The van der Waals surface area contributed by atoms with Gasteiger partial charge in [-0.1, -0.05) is 0 Å². The molecule has 1 N–H and O–H groups in total. The molecule has 1 aromatic rings. The van der Waals surface area contributed by atoms with E-state index in [1.807, 2.05) is 10.3 Å². The Morgan fingerprint density at radius 2 is 2.10 bits per heavy atom. The largest absolute Gasteiger partial charge is 0.481 e. The van der Waals surface area contributed by atoms with E-state index in [1.54, 1.807) is 6.20 Å². The molecule has 1 aliphatic rings. The van der Waals surface area contributed by atoms with Crippen molar-refractivity contribution in [1.29, 1.82) is 0 Å². The lowest BCUT2D eigenvalue weighted by atomic mass is 10.4. The molecule has 1 aliphatic heterocycles. The molecule has 118 valence electrons. The van der Waals surface area contributed by atoms with Crippen LogP contribution in [0.2, 0.25) is 0 Å². The molecule has 0 aliphatic carbocycles. The van der Waals surface area contributed by atoms with E-state index >= 15 is 0 Å². The third-order valence-corrected chi connectivity index (χ3v) is 6.11. The predicted molar refractivity (Wildman–Crippen MR) is 79.7 cm³/mol. The molecule has 1 fully saturated rings. The zero-order valence-corrected chi connectivity index (χ0v) is 13.3. The van der Waals surface area contributed by atoms with E-state index < -0.39 is 16.2 Å². The SMILES string of the molecule is CN(CCC(=O)O)S(=O)(=O)N1CCN(c2nccs2)CC1. The molecule has 1 aromatic heterocycles. The summed E-state index contributed by atoms with van der Waals surface area (Å²) in [5, 5.41) is 11.4. The summed E-state index contributed by atoms with van der Waals surface area (Å²) in [6.07, 6.45) is 1.53. The number of thiazole rings is 1. The highest BCUT2D eigenvalue weighted by molar-refractivity contribution is 7.86. The number of carboxylic acids is 1. The number of piperazine rings is 1. The number of nitrogens with zero attached hydrogens (tertiary/aromatic N) is 4. The van der Waals surface area contributed by atoms with Crippen molar-refractivity contribution < 1.29 is 18.3 Å². The van der Waals surface area contributed by atoms with E-state index in [2.05, 4.69) is 4.98 Å². The van der Waals surface area contributed by atoms with E-state index in [0.29, 0.717) is 26.2 Å². The normalized spacial score (nSPS) is 17.3. The van der Waals surface area contributed by atoms with Gasteiger partial charge in [-0.25, -0.2) is 4.98 Å². The van der Waals surface area contributed by atoms with Gasteiger partial charge in [0.1, 0.15) is 0 Å². The maximum atomic E-state index is 12.3. The van der Waals surface area contributed by atoms with Crippen LogP contribution in [0, 0.1) is 0 Å². The zero-order chi connectivity index (χ0) is 15.5. The summed E-state index contributed by atoms with van der Waals surface area (Å²) in [7, 11) is -2.18. The number of aliphatic carboxylic acids is 1. The Kier molecular flexibility index (Phi) is 5.14. The van der Waals surface area contributed by atoms with E-state index in [0.717, 1.165) is 9.44 Å². The molecule has 0 radical (unpaired) electrons. The molecule has 0 unspecified atom stereocenters. The number of aromatic nitrogens is 1. The van der Waals surface area contributed by atoms with Crippen LogP contribution in [-0.4, -0.2) is 72.9 Å². The Morgan fingerprint density at radius 1 is 1.43 bits per heavy atom. The summed E-state index contributed by atoms with van der Waals surface area (Å²) in [4.78, 5) is 16.8. The van der Waals surface area contributed by atoms with Crippen molar-refractivity contribution in [2.45, 2.75) is 6.42 Å². The molecule has 10 heteroatoms. The van der Waals surface area contributed by atoms with Gasteiger partial charge in [0.15, 0.2) is 5.13 Å². The second-order valence-electron chi connectivity index (χ2n) is 4.67. The minimum atomic E-state index is -3.59. The van der Waals surface area contributed by atoms with Crippen molar-refractivity contribution in [2.75, 3.05) is 44.7 Å². The van der Waals surface area contributed by atoms with E-state index in [4.69, 9.17) is 5.11 Å². The van der Waals surface area contributed by atoms with Gasteiger partial charge in [-0.3, -0.25) is 4.79 Å². The molecule has 1 saturated heterocycles. The van der Waals surface area contributed by atoms with Crippen LogP contribution in [0.5, 0.6) is 0 Å². The van der Waals surface area contributed by atoms with Gasteiger partial charge in [-0.15, -0.1) is 11.3 Å². The molecule has 0 aromatic carbocycles. The maximum Gasteiger partial charge on any atom is 0.304 e. The third kappa shape index (κ3) is 3.90. The van der Waals surface area contributed by atoms with Crippen molar-refractivity contribution in [2.24, 2.45) is 0 Å². The lowest BCUT2D eigenvalue weighted by Crippen LogP contribution is -2.52. The first-order chi connectivity index (χ1) is 9.91. The maximum absolute atomic E-state index is 12.3. The Morgan fingerprint density at radius 3 is 2.62 bits per heavy atom. The number of carbonyl (C=O) groups is 1. The summed E-state index contributed by atoms with van der Waals surface area (Å²) in [6, 6.07) is 0. The highest BCUT2D eigenvalue weighted by Gasteiger charge is 2.30. The molecule has 0 bridgehead atoms. The van der Waals surface area contributed by atoms with Crippen LogP contribution < -0.4 is 4.90 Å². The molecule has 2 heterocycles. The van der Waals surface area contributed by atoms with Gasteiger partial charge in [-0.05, 0) is 0 Å². The molecule has 0 saturated carbocycles. The number of hydrogen-bond acceptors (Lipinski definition) is 6. The van der Waals surface area contributed by atoms with Crippen molar-refractivity contribution in [3.63, 3.8) is 0 Å². The average molecular weight is 334 g/mol. The summed E-state index contributed by atoms with van der Waals surface area (Å²) >= 11 is 1.53. The predicted octanol–water partition coefficient (Wildman–Crippen LogP) is -0.0836. The Bertz CT molecular complexity index is 567. The van der Waals surface area contributed by atoms with Gasteiger partial charge in [0, 0.05) is 51.3 Å². The topological polar surface area (TPSA) is 94.0 Å². The number of hydrogen-bond donors (Lipinski definition) is 1. The first-order valence-electron chi connectivity index (χ1n) is 6.49. The molecule has 0 amide bonds. The highest BCUT2D eigenvalue weighted by Crippen LogP contribution is 2.20. The van der Waals surface area contributed by atoms with Crippen molar-refractivity contribution in [3.8, 4) is 0 Å². The van der Waals surface area contributed by atoms with E-state index in [1.165, 1.54) is 22.7 Å². The lowest BCUT2D eigenvalue weighted by Gasteiger charge is -2.35. The van der Waals surface area contributed by atoms with E-state index in [9.17, 15) is 13.2 Å². The smallest absolute Gasteiger partial charge is 0.304 e. The second kappa shape index (κ2) is 6.69. The van der Waals surface area contributed by atoms with Crippen LogP contribution in [0.25, 0.3) is 0 Å². The Hall–Kier alpha value is -1.23. The minimum Gasteiger partial charge on any atom is -0.481 e. The van der Waals surface area contributed by atoms with Crippen molar-refractivity contribution >= 4 is 32.6 Å². The van der Waals surface area contributed by atoms with Crippen LogP contribution in [-0.2, 0) is 15.0 Å². The average Bonchev–Trinajstić information content (AvgIpc) is 2.99.